The summed E-state index contributed by atoms with van der Waals surface area (Å²) in [7, 11) is 0. The van der Waals surface area contributed by atoms with Gasteiger partial charge in [0.15, 0.2) is 6.29 Å². The van der Waals surface area contributed by atoms with E-state index < -0.39 is 42.6 Å². The summed E-state index contributed by atoms with van der Waals surface area (Å²) in [6.07, 6.45) is -1.91. The van der Waals surface area contributed by atoms with Gasteiger partial charge in [-0.2, -0.15) is 35.1 Å². The molecule has 0 unspecified atom stereocenters. The molecular formula is C8H6F8O3. The summed E-state index contributed by atoms with van der Waals surface area (Å²) >= 11 is 0. The summed E-state index contributed by atoms with van der Waals surface area (Å²) in [6.45, 7) is 0.0183. The van der Waals surface area contributed by atoms with Gasteiger partial charge < -0.3 is 4.74 Å². The molecule has 3 nitrogen and oxygen atoms in total. The first kappa shape index (κ1) is 17.6. The van der Waals surface area contributed by atoms with Crippen LogP contribution < -0.4 is 0 Å². The standard InChI is InChI=1S/C8H6F8O3/c1-2-19-4(18)6(11,12)8(15,16)7(13,14)5(9,10)3-17/h3H,2H2,1H3. The van der Waals surface area contributed by atoms with Crippen LogP contribution >= 0.6 is 0 Å². The molecule has 0 heterocycles. The second kappa shape index (κ2) is 4.93. The van der Waals surface area contributed by atoms with Gasteiger partial charge in [0, 0.05) is 0 Å². The van der Waals surface area contributed by atoms with Crippen LogP contribution in [-0.2, 0) is 14.3 Å². The van der Waals surface area contributed by atoms with Crippen LogP contribution in [0, 0.1) is 0 Å². The highest BCUT2D eigenvalue weighted by atomic mass is 19.4. The van der Waals surface area contributed by atoms with Crippen molar-refractivity contribution >= 4 is 12.3 Å². The lowest BCUT2D eigenvalue weighted by Gasteiger charge is -2.33. The van der Waals surface area contributed by atoms with Gasteiger partial charge in [-0.15, -0.1) is 0 Å². The van der Waals surface area contributed by atoms with Gasteiger partial charge in [0.2, 0.25) is 0 Å². The van der Waals surface area contributed by atoms with Crippen LogP contribution in [0.4, 0.5) is 35.1 Å². The topological polar surface area (TPSA) is 43.4 Å². The number of hydrogen-bond acceptors (Lipinski definition) is 3. The van der Waals surface area contributed by atoms with Gasteiger partial charge in [-0.05, 0) is 6.92 Å². The van der Waals surface area contributed by atoms with Crippen LogP contribution in [0.5, 0.6) is 0 Å². The van der Waals surface area contributed by atoms with E-state index in [2.05, 4.69) is 4.74 Å². The van der Waals surface area contributed by atoms with Crippen LogP contribution in [0.1, 0.15) is 6.92 Å². The van der Waals surface area contributed by atoms with Crippen molar-refractivity contribution in [2.45, 2.75) is 30.6 Å². The van der Waals surface area contributed by atoms with Crippen LogP contribution in [0.15, 0.2) is 0 Å². The fraction of sp³-hybridized carbons (Fsp3) is 0.750. The van der Waals surface area contributed by atoms with Gasteiger partial charge in [0.25, 0.3) is 0 Å². The second-order valence-electron chi connectivity index (χ2n) is 3.18. The molecule has 0 rings (SSSR count). The molecule has 0 bridgehead atoms. The highest BCUT2D eigenvalue weighted by molar-refractivity contribution is 5.79. The number of aldehydes is 1. The Bertz CT molecular complexity index is 365. The maximum Gasteiger partial charge on any atom is 0.410 e. The number of halogens is 8. The molecule has 0 spiro atoms. The summed E-state index contributed by atoms with van der Waals surface area (Å²) in [6, 6.07) is 0. The maximum absolute atomic E-state index is 12.8. The zero-order valence-corrected chi connectivity index (χ0v) is 9.03. The van der Waals surface area contributed by atoms with Crippen molar-refractivity contribution in [2.75, 3.05) is 6.61 Å². The van der Waals surface area contributed by atoms with Gasteiger partial charge in [-0.25, -0.2) is 4.79 Å². The molecule has 0 atom stereocenters. The van der Waals surface area contributed by atoms with Crippen LogP contribution in [0.2, 0.25) is 0 Å². The van der Waals surface area contributed by atoms with E-state index in [1.807, 2.05) is 0 Å². The third-order valence-corrected chi connectivity index (χ3v) is 1.89. The highest BCUT2D eigenvalue weighted by Gasteiger charge is 2.83. The van der Waals surface area contributed by atoms with E-state index in [-0.39, 0.29) is 0 Å². The predicted molar refractivity (Wildman–Crippen MR) is 42.5 cm³/mol. The van der Waals surface area contributed by atoms with Crippen LogP contribution in [0.25, 0.3) is 0 Å². The summed E-state index contributed by atoms with van der Waals surface area (Å²) < 4.78 is 105. The van der Waals surface area contributed by atoms with Crippen molar-refractivity contribution in [3.63, 3.8) is 0 Å². The first-order valence-corrected chi connectivity index (χ1v) is 4.44. The molecule has 11 heteroatoms. The molecule has 0 saturated carbocycles. The van der Waals surface area contributed by atoms with E-state index in [4.69, 9.17) is 0 Å². The molecule has 0 aromatic heterocycles. The molecule has 19 heavy (non-hydrogen) atoms. The second-order valence-corrected chi connectivity index (χ2v) is 3.18. The Morgan fingerprint density at radius 1 is 1.00 bits per heavy atom. The van der Waals surface area contributed by atoms with E-state index in [0.717, 1.165) is 6.92 Å². The van der Waals surface area contributed by atoms with Crippen molar-refractivity contribution < 1.29 is 49.4 Å². The lowest BCUT2D eigenvalue weighted by Crippen LogP contribution is -2.65. The molecule has 0 fully saturated rings. The Hall–Kier alpha value is -1.42. The molecule has 0 aliphatic carbocycles. The number of carbonyl (C=O) groups excluding carboxylic acids is 2. The number of esters is 1. The first-order chi connectivity index (χ1) is 8.29. The first-order valence-electron chi connectivity index (χ1n) is 4.44. The Balaban J connectivity index is 5.71. The van der Waals surface area contributed by atoms with Crippen molar-refractivity contribution in [3.8, 4) is 0 Å². The normalized spacial score (nSPS) is 14.2. The van der Waals surface area contributed by atoms with E-state index >= 15 is 0 Å². The maximum atomic E-state index is 12.8. The molecule has 0 N–H and O–H groups in total. The van der Waals surface area contributed by atoms with Crippen molar-refractivity contribution in [3.05, 3.63) is 0 Å². The van der Waals surface area contributed by atoms with Gasteiger partial charge in [0.05, 0.1) is 6.61 Å². The van der Waals surface area contributed by atoms with Gasteiger partial charge in [-0.1, -0.05) is 0 Å². The molecule has 112 valence electrons. The summed E-state index contributed by atoms with van der Waals surface area (Å²) in [5, 5.41) is 0. The quantitative estimate of drug-likeness (QED) is 0.429. The molecule has 0 aromatic rings. The van der Waals surface area contributed by atoms with Crippen molar-refractivity contribution in [2.24, 2.45) is 0 Å². The third kappa shape index (κ3) is 2.50. The van der Waals surface area contributed by atoms with E-state index in [1.165, 1.54) is 0 Å². The number of hydrogen-bond donors (Lipinski definition) is 0. The average molecular weight is 302 g/mol. The number of alkyl halides is 8. The lowest BCUT2D eigenvalue weighted by atomic mass is 9.99. The summed E-state index contributed by atoms with van der Waals surface area (Å²) in [4.78, 5) is 20.1. The van der Waals surface area contributed by atoms with E-state index in [0.29, 0.717) is 0 Å². The lowest BCUT2D eigenvalue weighted by molar-refractivity contribution is -0.348. The average Bonchev–Trinajstić information content (AvgIpc) is 2.28. The fourth-order valence-corrected chi connectivity index (χ4v) is 0.830. The van der Waals surface area contributed by atoms with E-state index in [9.17, 15) is 44.7 Å². The molecule has 0 radical (unpaired) electrons. The Kier molecular flexibility index (Phi) is 4.56. The highest BCUT2D eigenvalue weighted by Crippen LogP contribution is 2.52. The van der Waals surface area contributed by atoms with Gasteiger partial charge in [-0.3, -0.25) is 4.79 Å². The van der Waals surface area contributed by atoms with Crippen LogP contribution in [-0.4, -0.2) is 42.6 Å². The summed E-state index contributed by atoms with van der Waals surface area (Å²) in [5.74, 6) is -29.0. The predicted octanol–water partition coefficient (Wildman–Crippen LogP) is 2.29. The summed E-state index contributed by atoms with van der Waals surface area (Å²) in [5.41, 5.74) is 0. The third-order valence-electron chi connectivity index (χ3n) is 1.89. The zero-order chi connectivity index (χ0) is 15.7. The molecule has 0 aliphatic rings. The largest absolute Gasteiger partial charge is 0.461 e. The Morgan fingerprint density at radius 3 is 1.74 bits per heavy atom. The smallest absolute Gasteiger partial charge is 0.410 e. The molecular weight excluding hydrogens is 296 g/mol. The Labute approximate surface area is 100 Å². The minimum atomic E-state index is -6.82. The number of carbonyl (C=O) groups is 2. The minimum absolute atomic E-state index is 0.875. The van der Waals surface area contributed by atoms with E-state index in [1.54, 1.807) is 0 Å². The molecule has 0 aliphatic heterocycles. The van der Waals surface area contributed by atoms with Gasteiger partial charge in [0.1, 0.15) is 0 Å². The fourth-order valence-electron chi connectivity index (χ4n) is 0.830. The number of rotatable bonds is 6. The van der Waals surface area contributed by atoms with Crippen molar-refractivity contribution in [1.29, 1.82) is 0 Å². The van der Waals surface area contributed by atoms with Gasteiger partial charge >= 0.3 is 29.7 Å². The number of ether oxygens (including phenoxy) is 1. The van der Waals surface area contributed by atoms with Crippen molar-refractivity contribution in [1.82, 2.24) is 0 Å². The Morgan fingerprint density at radius 2 is 1.42 bits per heavy atom. The monoisotopic (exact) mass is 302 g/mol. The van der Waals surface area contributed by atoms with Crippen LogP contribution in [0.3, 0.4) is 0 Å². The zero-order valence-electron chi connectivity index (χ0n) is 9.03. The minimum Gasteiger partial charge on any atom is -0.461 e. The molecule has 0 aromatic carbocycles. The SMILES string of the molecule is CCOC(=O)C(F)(F)C(F)(F)C(F)(F)C(F)(F)C=O. The molecule has 0 amide bonds. The molecule has 0 saturated heterocycles.